The Morgan fingerprint density at radius 2 is 1.48 bits per heavy atom. The maximum atomic E-state index is 5.58. The van der Waals surface area contributed by atoms with Crippen molar-refractivity contribution in [3.63, 3.8) is 0 Å². The van der Waals surface area contributed by atoms with Crippen LogP contribution < -0.4 is 15.4 Å². The number of aromatic nitrogens is 1. The van der Waals surface area contributed by atoms with Gasteiger partial charge in [-0.1, -0.05) is 24.3 Å². The summed E-state index contributed by atoms with van der Waals surface area (Å²) in [4.78, 5) is 4.32. The lowest BCUT2D eigenvalue weighted by Gasteiger charge is -2.07. The van der Waals surface area contributed by atoms with Crippen LogP contribution in [-0.2, 0) is 9.47 Å². The van der Waals surface area contributed by atoms with Crippen molar-refractivity contribution in [2.45, 2.75) is 0 Å². The first-order valence-corrected chi connectivity index (χ1v) is 9.16. The van der Waals surface area contributed by atoms with E-state index in [4.69, 9.17) is 14.2 Å². The van der Waals surface area contributed by atoms with Gasteiger partial charge in [-0.05, 0) is 36.4 Å². The highest BCUT2D eigenvalue weighted by Gasteiger charge is 1.97. The minimum absolute atomic E-state index is 0.469. The Morgan fingerprint density at radius 1 is 0.815 bits per heavy atom. The summed E-state index contributed by atoms with van der Waals surface area (Å²) in [5.41, 5.74) is 3.26. The number of nitrogens with one attached hydrogen (secondary N) is 2. The monoisotopic (exact) mass is 371 g/mol. The van der Waals surface area contributed by atoms with E-state index in [1.165, 1.54) is 0 Å². The van der Waals surface area contributed by atoms with Crippen molar-refractivity contribution in [2.24, 2.45) is 0 Å². The summed E-state index contributed by atoms with van der Waals surface area (Å²) in [6.45, 7) is 3.70. The van der Waals surface area contributed by atoms with E-state index in [0.29, 0.717) is 38.9 Å². The van der Waals surface area contributed by atoms with Crippen LogP contribution in [0.2, 0.25) is 0 Å². The number of anilines is 1. The molecule has 1 aromatic heterocycles. The fourth-order valence-corrected chi connectivity index (χ4v) is 2.23. The summed E-state index contributed by atoms with van der Waals surface area (Å²) in [5.74, 6) is 0.597. The Bertz CT molecular complexity index is 657. The van der Waals surface area contributed by atoms with E-state index in [2.05, 4.69) is 33.8 Å². The van der Waals surface area contributed by atoms with Crippen molar-refractivity contribution < 1.29 is 14.2 Å². The Morgan fingerprint density at radius 3 is 2.15 bits per heavy atom. The van der Waals surface area contributed by atoms with E-state index in [0.717, 1.165) is 23.4 Å². The SMILES string of the molecule is CNCCOCCOCCOc1ccc(/C=C/c2ccc(NC)cc2)cn1. The Hall–Kier alpha value is -2.41. The molecule has 2 rings (SSSR count). The number of benzene rings is 1. The van der Waals surface area contributed by atoms with E-state index >= 15 is 0 Å². The average molecular weight is 371 g/mol. The van der Waals surface area contributed by atoms with Crippen LogP contribution in [0.5, 0.6) is 5.88 Å². The molecule has 0 bridgehead atoms. The summed E-state index contributed by atoms with van der Waals surface area (Å²) >= 11 is 0. The molecule has 2 N–H and O–H groups in total. The molecule has 6 nitrogen and oxygen atoms in total. The lowest BCUT2D eigenvalue weighted by atomic mass is 10.1. The van der Waals surface area contributed by atoms with Crippen molar-refractivity contribution >= 4 is 17.8 Å². The number of ether oxygens (including phenoxy) is 3. The van der Waals surface area contributed by atoms with Gasteiger partial charge in [0, 0.05) is 31.5 Å². The van der Waals surface area contributed by atoms with Crippen LogP contribution in [0.3, 0.4) is 0 Å². The first-order chi connectivity index (χ1) is 13.3. The van der Waals surface area contributed by atoms with Gasteiger partial charge in [-0.25, -0.2) is 4.98 Å². The van der Waals surface area contributed by atoms with Gasteiger partial charge in [-0.15, -0.1) is 0 Å². The van der Waals surface area contributed by atoms with Gasteiger partial charge in [0.25, 0.3) is 0 Å². The lowest BCUT2D eigenvalue weighted by Crippen LogP contribution is -2.17. The summed E-state index contributed by atoms with van der Waals surface area (Å²) in [6.07, 6.45) is 5.88. The molecule has 0 saturated heterocycles. The normalized spacial score (nSPS) is 11.0. The number of likely N-dealkylation sites (N-methyl/N-ethyl adjacent to an activating group) is 1. The van der Waals surface area contributed by atoms with E-state index in [-0.39, 0.29) is 0 Å². The number of hydrogen-bond acceptors (Lipinski definition) is 6. The zero-order valence-electron chi connectivity index (χ0n) is 16.1. The third-order valence-electron chi connectivity index (χ3n) is 3.77. The van der Waals surface area contributed by atoms with Crippen LogP contribution in [0.15, 0.2) is 42.6 Å². The third kappa shape index (κ3) is 8.68. The van der Waals surface area contributed by atoms with Crippen LogP contribution in [0.1, 0.15) is 11.1 Å². The first-order valence-electron chi connectivity index (χ1n) is 9.16. The van der Waals surface area contributed by atoms with Gasteiger partial charge in [0.15, 0.2) is 0 Å². The van der Waals surface area contributed by atoms with Crippen molar-refractivity contribution in [1.82, 2.24) is 10.3 Å². The molecule has 2 aromatic rings. The zero-order valence-corrected chi connectivity index (χ0v) is 16.1. The smallest absolute Gasteiger partial charge is 0.213 e. The maximum Gasteiger partial charge on any atom is 0.213 e. The second kappa shape index (κ2) is 12.9. The van der Waals surface area contributed by atoms with Crippen LogP contribution in [0.4, 0.5) is 5.69 Å². The van der Waals surface area contributed by atoms with Crippen molar-refractivity contribution in [2.75, 3.05) is 59.0 Å². The predicted octanol–water partition coefficient (Wildman–Crippen LogP) is 2.93. The topological polar surface area (TPSA) is 64.6 Å². The summed E-state index contributed by atoms with van der Waals surface area (Å²) in [5, 5.41) is 6.13. The highest BCUT2D eigenvalue weighted by atomic mass is 16.5. The Kier molecular flexibility index (Phi) is 9.96. The molecule has 1 heterocycles. The fraction of sp³-hybridized carbons (Fsp3) is 0.381. The third-order valence-corrected chi connectivity index (χ3v) is 3.77. The molecular weight excluding hydrogens is 342 g/mol. The molecule has 6 heteroatoms. The van der Waals surface area contributed by atoms with E-state index in [1.54, 1.807) is 6.20 Å². The molecule has 0 radical (unpaired) electrons. The number of nitrogens with zero attached hydrogens (tertiary/aromatic N) is 1. The molecule has 0 aliphatic carbocycles. The molecule has 0 unspecified atom stereocenters. The van der Waals surface area contributed by atoms with Crippen LogP contribution in [0, 0.1) is 0 Å². The number of rotatable bonds is 13. The number of hydrogen-bond donors (Lipinski definition) is 2. The molecule has 146 valence electrons. The van der Waals surface area contributed by atoms with Gasteiger partial charge in [-0.2, -0.15) is 0 Å². The average Bonchev–Trinajstić information content (AvgIpc) is 2.72. The summed E-state index contributed by atoms with van der Waals surface area (Å²) < 4.78 is 16.4. The molecule has 0 fully saturated rings. The maximum absolute atomic E-state index is 5.58. The first kappa shape index (κ1) is 20.9. The van der Waals surface area contributed by atoms with Crippen molar-refractivity contribution in [3.8, 4) is 5.88 Å². The molecule has 0 atom stereocenters. The van der Waals surface area contributed by atoms with Crippen LogP contribution in [-0.4, -0.2) is 58.7 Å². The van der Waals surface area contributed by atoms with Gasteiger partial charge in [0.2, 0.25) is 5.88 Å². The zero-order chi connectivity index (χ0) is 19.2. The van der Waals surface area contributed by atoms with Crippen molar-refractivity contribution in [1.29, 1.82) is 0 Å². The predicted molar refractivity (Wildman–Crippen MR) is 110 cm³/mol. The molecule has 1 aromatic carbocycles. The summed E-state index contributed by atoms with van der Waals surface area (Å²) in [7, 11) is 3.81. The molecule has 0 spiro atoms. The number of pyridine rings is 1. The van der Waals surface area contributed by atoms with Gasteiger partial charge >= 0.3 is 0 Å². The molecule has 0 aliphatic heterocycles. The van der Waals surface area contributed by atoms with Gasteiger partial charge < -0.3 is 24.8 Å². The van der Waals surface area contributed by atoms with Crippen molar-refractivity contribution in [3.05, 3.63) is 53.7 Å². The standard InChI is InChI=1S/C21H29N3O3/c1-22-11-12-25-13-14-26-15-16-27-21-10-7-19(17-24-21)4-3-18-5-8-20(23-2)9-6-18/h3-10,17,22-23H,11-16H2,1-2H3/b4-3+. The van der Waals surface area contributed by atoms with Gasteiger partial charge in [0.05, 0.1) is 26.4 Å². The fourth-order valence-electron chi connectivity index (χ4n) is 2.23. The minimum atomic E-state index is 0.469. The largest absolute Gasteiger partial charge is 0.475 e. The molecular formula is C21H29N3O3. The quantitative estimate of drug-likeness (QED) is 0.528. The minimum Gasteiger partial charge on any atom is -0.475 e. The molecule has 27 heavy (non-hydrogen) atoms. The van der Waals surface area contributed by atoms with Crippen LogP contribution in [0.25, 0.3) is 12.2 Å². The van der Waals surface area contributed by atoms with E-state index < -0.39 is 0 Å². The van der Waals surface area contributed by atoms with E-state index in [9.17, 15) is 0 Å². The van der Waals surface area contributed by atoms with Crippen LogP contribution >= 0.6 is 0 Å². The Balaban J connectivity index is 1.63. The van der Waals surface area contributed by atoms with Gasteiger partial charge in [-0.3, -0.25) is 0 Å². The molecule has 0 aliphatic rings. The highest BCUT2D eigenvalue weighted by Crippen LogP contribution is 2.13. The van der Waals surface area contributed by atoms with E-state index in [1.807, 2.05) is 44.4 Å². The molecule has 0 amide bonds. The second-order valence-electron chi connectivity index (χ2n) is 5.81. The Labute approximate surface area is 161 Å². The van der Waals surface area contributed by atoms with Gasteiger partial charge in [0.1, 0.15) is 6.61 Å². The second-order valence-corrected chi connectivity index (χ2v) is 5.81. The molecule has 0 saturated carbocycles. The highest BCUT2D eigenvalue weighted by molar-refractivity contribution is 5.70. The summed E-state index contributed by atoms with van der Waals surface area (Å²) in [6, 6.07) is 12.1. The lowest BCUT2D eigenvalue weighted by molar-refractivity contribution is 0.0371.